The number of carbonyl (C=O) groups is 1. The lowest BCUT2D eigenvalue weighted by Gasteiger charge is -2.52. The fraction of sp³-hybridized carbons (Fsp3) is 0.562. The summed E-state index contributed by atoms with van der Waals surface area (Å²) >= 11 is 0. The van der Waals surface area contributed by atoms with Crippen molar-refractivity contribution in [3.05, 3.63) is 30.3 Å². The zero-order chi connectivity index (χ0) is 13.9. The van der Waals surface area contributed by atoms with Gasteiger partial charge in [-0.05, 0) is 37.8 Å². The molecule has 1 fully saturated rings. The zero-order valence-corrected chi connectivity index (χ0v) is 11.9. The van der Waals surface area contributed by atoms with Crippen LogP contribution in [0.3, 0.4) is 0 Å². The van der Waals surface area contributed by atoms with Crippen LogP contribution in [0.1, 0.15) is 39.5 Å². The fourth-order valence-corrected chi connectivity index (χ4v) is 3.66. The molecule has 1 heterocycles. The summed E-state index contributed by atoms with van der Waals surface area (Å²) in [6, 6.07) is 10.4. The normalized spacial score (nSPS) is 22.2. The number of nitrogens with zero attached hydrogens (tertiary/aromatic N) is 1. The summed E-state index contributed by atoms with van der Waals surface area (Å²) in [5.41, 5.74) is 6.75. The molecule has 1 aromatic rings. The van der Waals surface area contributed by atoms with E-state index < -0.39 is 0 Å². The first-order chi connectivity index (χ1) is 9.15. The molecule has 2 N–H and O–H groups in total. The molecule has 0 aromatic heterocycles. The largest absolute Gasteiger partial charge is 0.369 e. The van der Waals surface area contributed by atoms with Gasteiger partial charge in [-0.1, -0.05) is 32.0 Å². The van der Waals surface area contributed by atoms with Gasteiger partial charge < -0.3 is 10.6 Å². The zero-order valence-electron chi connectivity index (χ0n) is 11.9. The van der Waals surface area contributed by atoms with E-state index in [-0.39, 0.29) is 17.4 Å². The topological polar surface area (TPSA) is 46.3 Å². The summed E-state index contributed by atoms with van der Waals surface area (Å²) < 4.78 is 0. The monoisotopic (exact) mass is 260 g/mol. The van der Waals surface area contributed by atoms with Crippen LogP contribution in [0, 0.1) is 5.92 Å². The van der Waals surface area contributed by atoms with E-state index in [9.17, 15) is 4.79 Å². The van der Waals surface area contributed by atoms with Crippen molar-refractivity contribution in [1.29, 1.82) is 0 Å². The smallest absolute Gasteiger partial charge is 0.222 e. The van der Waals surface area contributed by atoms with Crippen molar-refractivity contribution >= 4 is 11.6 Å². The minimum Gasteiger partial charge on any atom is -0.369 e. The molecule has 0 spiro atoms. The molecular weight excluding hydrogens is 236 g/mol. The van der Waals surface area contributed by atoms with E-state index in [1.54, 1.807) is 0 Å². The lowest BCUT2D eigenvalue weighted by atomic mass is 9.72. The molecule has 1 aliphatic rings. The number of hydrogen-bond donors (Lipinski definition) is 1. The molecule has 1 aliphatic heterocycles. The van der Waals surface area contributed by atoms with E-state index in [1.807, 2.05) is 6.07 Å². The molecule has 0 saturated carbocycles. The summed E-state index contributed by atoms with van der Waals surface area (Å²) in [4.78, 5) is 14.3. The second kappa shape index (κ2) is 5.64. The molecule has 3 heteroatoms. The Kier molecular flexibility index (Phi) is 4.13. The van der Waals surface area contributed by atoms with Crippen molar-refractivity contribution in [2.75, 3.05) is 11.4 Å². The molecule has 0 aliphatic carbocycles. The van der Waals surface area contributed by atoms with Crippen molar-refractivity contribution in [3.63, 3.8) is 0 Å². The van der Waals surface area contributed by atoms with Gasteiger partial charge >= 0.3 is 0 Å². The van der Waals surface area contributed by atoms with Gasteiger partial charge in [0.15, 0.2) is 0 Å². The van der Waals surface area contributed by atoms with E-state index in [2.05, 4.69) is 43.0 Å². The highest BCUT2D eigenvalue weighted by Crippen LogP contribution is 2.41. The Labute approximate surface area is 115 Å². The minimum absolute atomic E-state index is 0.0449. The molecule has 1 atom stereocenters. The van der Waals surface area contributed by atoms with Crippen molar-refractivity contribution in [2.24, 2.45) is 11.7 Å². The van der Waals surface area contributed by atoms with E-state index in [1.165, 1.54) is 5.69 Å². The van der Waals surface area contributed by atoms with Gasteiger partial charge in [-0.2, -0.15) is 0 Å². The van der Waals surface area contributed by atoms with Gasteiger partial charge in [0.2, 0.25) is 5.91 Å². The first-order valence-electron chi connectivity index (χ1n) is 7.27. The Hall–Kier alpha value is -1.51. The third-order valence-corrected chi connectivity index (χ3v) is 4.70. The van der Waals surface area contributed by atoms with Gasteiger partial charge in [-0.3, -0.25) is 4.79 Å². The van der Waals surface area contributed by atoms with Gasteiger partial charge in [0.05, 0.1) is 11.5 Å². The molecule has 0 radical (unpaired) electrons. The van der Waals surface area contributed by atoms with Crippen LogP contribution >= 0.6 is 0 Å². The number of hydrogen-bond acceptors (Lipinski definition) is 2. The van der Waals surface area contributed by atoms with Crippen LogP contribution in [0.2, 0.25) is 0 Å². The Bertz CT molecular complexity index is 426. The fourth-order valence-electron chi connectivity index (χ4n) is 3.66. The summed E-state index contributed by atoms with van der Waals surface area (Å²) in [7, 11) is 0. The summed E-state index contributed by atoms with van der Waals surface area (Å²) in [6.07, 6.45) is 3.85. The predicted octanol–water partition coefficient (Wildman–Crippen LogP) is 2.95. The Morgan fingerprint density at radius 2 is 1.95 bits per heavy atom. The SMILES string of the molecule is CCC1(CC)C(C(N)=O)CCCN1c1ccccc1. The molecule has 104 valence electrons. The number of benzene rings is 1. The van der Waals surface area contributed by atoms with Crippen molar-refractivity contribution in [1.82, 2.24) is 0 Å². The summed E-state index contributed by atoms with van der Waals surface area (Å²) in [6.45, 7) is 5.34. The Balaban J connectivity index is 2.43. The number of piperidine rings is 1. The molecule has 1 amide bonds. The van der Waals surface area contributed by atoms with Crippen LogP contribution < -0.4 is 10.6 Å². The van der Waals surface area contributed by atoms with Crippen LogP contribution in [0.25, 0.3) is 0 Å². The van der Waals surface area contributed by atoms with Gasteiger partial charge in [-0.15, -0.1) is 0 Å². The maximum Gasteiger partial charge on any atom is 0.222 e. The van der Waals surface area contributed by atoms with Crippen molar-refractivity contribution < 1.29 is 4.79 Å². The van der Waals surface area contributed by atoms with E-state index >= 15 is 0 Å². The number of anilines is 1. The van der Waals surface area contributed by atoms with Crippen molar-refractivity contribution in [2.45, 2.75) is 45.1 Å². The maximum absolute atomic E-state index is 11.9. The number of amides is 1. The molecule has 19 heavy (non-hydrogen) atoms. The van der Waals surface area contributed by atoms with E-state index in [0.29, 0.717) is 0 Å². The van der Waals surface area contributed by atoms with E-state index in [0.717, 1.165) is 32.2 Å². The number of rotatable bonds is 4. The Morgan fingerprint density at radius 3 is 2.47 bits per heavy atom. The molecular formula is C16H24N2O. The first-order valence-corrected chi connectivity index (χ1v) is 7.27. The Morgan fingerprint density at radius 1 is 1.32 bits per heavy atom. The highest BCUT2D eigenvalue weighted by molar-refractivity contribution is 5.79. The third-order valence-electron chi connectivity index (χ3n) is 4.70. The average molecular weight is 260 g/mol. The van der Waals surface area contributed by atoms with Crippen LogP contribution in [0.4, 0.5) is 5.69 Å². The third kappa shape index (κ3) is 2.34. The molecule has 0 bridgehead atoms. The molecule has 1 unspecified atom stereocenters. The number of nitrogens with two attached hydrogens (primary N) is 1. The number of para-hydroxylation sites is 1. The average Bonchev–Trinajstić information content (AvgIpc) is 2.47. The molecule has 1 aromatic carbocycles. The first kappa shape index (κ1) is 13.9. The molecule has 1 saturated heterocycles. The van der Waals surface area contributed by atoms with Gasteiger partial charge in [0.25, 0.3) is 0 Å². The highest BCUT2D eigenvalue weighted by Gasteiger charge is 2.46. The lowest BCUT2D eigenvalue weighted by molar-refractivity contribution is -0.125. The quantitative estimate of drug-likeness (QED) is 0.904. The van der Waals surface area contributed by atoms with Crippen LogP contribution in [0.15, 0.2) is 30.3 Å². The molecule has 2 rings (SSSR count). The second-order valence-corrected chi connectivity index (χ2v) is 5.40. The van der Waals surface area contributed by atoms with Crippen LogP contribution in [-0.2, 0) is 4.79 Å². The summed E-state index contributed by atoms with van der Waals surface area (Å²) in [5.74, 6) is -0.194. The standard InChI is InChI=1S/C16H24N2O/c1-3-16(4-2)14(15(17)19)11-8-12-18(16)13-9-6-5-7-10-13/h5-7,9-10,14H,3-4,8,11-12H2,1-2H3,(H2,17,19). The lowest BCUT2D eigenvalue weighted by Crippen LogP contribution is -2.60. The van der Waals surface area contributed by atoms with Crippen LogP contribution in [0.5, 0.6) is 0 Å². The summed E-state index contributed by atoms with van der Waals surface area (Å²) in [5, 5.41) is 0. The van der Waals surface area contributed by atoms with E-state index in [4.69, 9.17) is 5.73 Å². The minimum atomic E-state index is -0.149. The van der Waals surface area contributed by atoms with Crippen LogP contribution in [-0.4, -0.2) is 18.0 Å². The number of primary amides is 1. The van der Waals surface area contributed by atoms with Crippen molar-refractivity contribution in [3.8, 4) is 0 Å². The number of carbonyl (C=O) groups excluding carboxylic acids is 1. The predicted molar refractivity (Wildman–Crippen MR) is 79.0 cm³/mol. The second-order valence-electron chi connectivity index (χ2n) is 5.40. The molecule has 3 nitrogen and oxygen atoms in total. The maximum atomic E-state index is 11.9. The van der Waals surface area contributed by atoms with Gasteiger partial charge in [0, 0.05) is 12.2 Å². The van der Waals surface area contributed by atoms with Gasteiger partial charge in [0.1, 0.15) is 0 Å². The van der Waals surface area contributed by atoms with Gasteiger partial charge in [-0.25, -0.2) is 0 Å². The highest BCUT2D eigenvalue weighted by atomic mass is 16.1.